The smallest absolute Gasteiger partial charge is 0.243 e. The number of benzene rings is 3. The number of sulfonamides is 1. The molecule has 3 aromatic carbocycles. The minimum absolute atomic E-state index is 0.0862. The molecule has 0 radical (unpaired) electrons. The van der Waals surface area contributed by atoms with Gasteiger partial charge in [0.05, 0.1) is 15.8 Å². The Morgan fingerprint density at radius 2 is 1.83 bits per heavy atom. The molecule has 1 heterocycles. The lowest BCUT2D eigenvalue weighted by Crippen LogP contribution is -2.43. The van der Waals surface area contributed by atoms with E-state index in [2.05, 4.69) is 5.32 Å². The molecule has 1 amide bonds. The van der Waals surface area contributed by atoms with Crippen LogP contribution in [0.5, 0.6) is 0 Å². The highest BCUT2D eigenvalue weighted by atomic mass is 35.5. The van der Waals surface area contributed by atoms with Crippen LogP contribution in [0, 0.1) is 11.7 Å². The first kappa shape index (κ1) is 20.8. The Morgan fingerprint density at radius 1 is 1.07 bits per heavy atom. The normalized spacial score (nSPS) is 17.7. The number of fused-ring (bicyclic) bond motifs is 1. The van der Waals surface area contributed by atoms with E-state index in [1.54, 1.807) is 18.2 Å². The van der Waals surface area contributed by atoms with Crippen molar-refractivity contribution < 1.29 is 17.6 Å². The highest BCUT2D eigenvalue weighted by molar-refractivity contribution is 7.89. The molecule has 1 fully saturated rings. The first-order chi connectivity index (χ1) is 14.3. The number of anilines is 1. The monoisotopic (exact) mass is 446 g/mol. The van der Waals surface area contributed by atoms with Gasteiger partial charge in [-0.1, -0.05) is 41.9 Å². The van der Waals surface area contributed by atoms with E-state index in [9.17, 15) is 17.6 Å². The molecule has 1 aliphatic heterocycles. The molecule has 30 heavy (non-hydrogen) atoms. The van der Waals surface area contributed by atoms with E-state index in [1.165, 1.54) is 22.5 Å². The van der Waals surface area contributed by atoms with E-state index in [4.69, 9.17) is 11.6 Å². The van der Waals surface area contributed by atoms with E-state index in [-0.39, 0.29) is 22.4 Å². The molecule has 0 aromatic heterocycles. The van der Waals surface area contributed by atoms with Crippen molar-refractivity contribution in [2.75, 3.05) is 18.4 Å². The van der Waals surface area contributed by atoms with Gasteiger partial charge in [-0.05, 0) is 53.9 Å². The Balaban J connectivity index is 1.51. The predicted octanol–water partition coefficient (Wildman–Crippen LogP) is 4.67. The van der Waals surface area contributed by atoms with Crippen molar-refractivity contribution >= 4 is 44.0 Å². The topological polar surface area (TPSA) is 66.5 Å². The summed E-state index contributed by atoms with van der Waals surface area (Å²) in [5, 5.41) is 4.43. The summed E-state index contributed by atoms with van der Waals surface area (Å²) < 4.78 is 41.0. The molecule has 0 aliphatic carbocycles. The number of rotatable bonds is 4. The zero-order valence-electron chi connectivity index (χ0n) is 16.0. The number of hydrogen-bond donors (Lipinski definition) is 1. The molecule has 1 aliphatic rings. The van der Waals surface area contributed by atoms with Crippen molar-refractivity contribution in [3.63, 3.8) is 0 Å². The molecule has 0 saturated carbocycles. The van der Waals surface area contributed by atoms with Gasteiger partial charge >= 0.3 is 0 Å². The lowest BCUT2D eigenvalue weighted by atomic mass is 9.99. The maximum Gasteiger partial charge on any atom is 0.243 e. The summed E-state index contributed by atoms with van der Waals surface area (Å²) in [6.07, 6.45) is 1.15. The van der Waals surface area contributed by atoms with Crippen molar-refractivity contribution in [3.05, 3.63) is 71.5 Å². The second-order valence-corrected chi connectivity index (χ2v) is 9.67. The molecule has 5 nitrogen and oxygen atoms in total. The zero-order valence-corrected chi connectivity index (χ0v) is 17.6. The lowest BCUT2D eigenvalue weighted by molar-refractivity contribution is -0.120. The van der Waals surface area contributed by atoms with Gasteiger partial charge in [0.15, 0.2) is 0 Å². The minimum atomic E-state index is -3.72. The van der Waals surface area contributed by atoms with Gasteiger partial charge in [0.25, 0.3) is 0 Å². The van der Waals surface area contributed by atoms with E-state index >= 15 is 0 Å². The largest absolute Gasteiger partial charge is 0.326 e. The SMILES string of the molecule is O=C(Nc1ccc(F)c(Cl)c1)[C@@H]1CCCN(S(=O)(=O)c2ccc3ccccc3c2)C1. The standard InChI is InChI=1S/C22H20ClFN2O3S/c23-20-13-18(8-10-21(20)24)25-22(27)17-6-3-11-26(14-17)30(28,29)19-9-7-15-4-1-2-5-16(15)12-19/h1-2,4-5,7-10,12-13,17H,3,6,11,14H2,(H,25,27)/t17-/m1/s1. The summed E-state index contributed by atoms with van der Waals surface area (Å²) in [6, 6.07) is 16.5. The highest BCUT2D eigenvalue weighted by Gasteiger charge is 2.33. The Hall–Kier alpha value is -2.48. The van der Waals surface area contributed by atoms with Crippen LogP contribution in [-0.4, -0.2) is 31.7 Å². The number of nitrogens with one attached hydrogen (secondary N) is 1. The van der Waals surface area contributed by atoms with Crippen molar-refractivity contribution in [2.24, 2.45) is 5.92 Å². The number of halogens is 2. The molecular weight excluding hydrogens is 427 g/mol. The predicted molar refractivity (Wildman–Crippen MR) is 115 cm³/mol. The quantitative estimate of drug-likeness (QED) is 0.633. The number of carbonyl (C=O) groups is 1. The maximum absolute atomic E-state index is 13.3. The molecule has 0 unspecified atom stereocenters. The lowest BCUT2D eigenvalue weighted by Gasteiger charge is -2.31. The van der Waals surface area contributed by atoms with Gasteiger partial charge in [-0.2, -0.15) is 4.31 Å². The van der Waals surface area contributed by atoms with Gasteiger partial charge in [-0.3, -0.25) is 4.79 Å². The second kappa shape index (κ2) is 8.34. The summed E-state index contributed by atoms with van der Waals surface area (Å²) in [6.45, 7) is 0.456. The maximum atomic E-state index is 13.3. The summed E-state index contributed by atoms with van der Waals surface area (Å²) in [5.74, 6) is -1.38. The van der Waals surface area contributed by atoms with Crippen LogP contribution in [0.1, 0.15) is 12.8 Å². The van der Waals surface area contributed by atoms with E-state index < -0.39 is 21.8 Å². The van der Waals surface area contributed by atoms with Gasteiger partial charge in [0.2, 0.25) is 15.9 Å². The molecule has 156 valence electrons. The Labute approximate surface area is 179 Å². The van der Waals surface area contributed by atoms with Gasteiger partial charge < -0.3 is 5.32 Å². The van der Waals surface area contributed by atoms with Crippen LogP contribution in [-0.2, 0) is 14.8 Å². The molecule has 0 spiro atoms. The molecule has 1 N–H and O–H groups in total. The van der Waals surface area contributed by atoms with Crippen LogP contribution in [0.25, 0.3) is 10.8 Å². The minimum Gasteiger partial charge on any atom is -0.326 e. The Morgan fingerprint density at radius 3 is 2.60 bits per heavy atom. The van der Waals surface area contributed by atoms with Crippen molar-refractivity contribution in [1.29, 1.82) is 0 Å². The Bertz CT molecular complexity index is 1220. The van der Waals surface area contributed by atoms with E-state index in [0.29, 0.717) is 25.1 Å². The van der Waals surface area contributed by atoms with Crippen LogP contribution in [0.15, 0.2) is 65.6 Å². The molecular formula is C22H20ClFN2O3S. The van der Waals surface area contributed by atoms with Crippen LogP contribution in [0.4, 0.5) is 10.1 Å². The fourth-order valence-electron chi connectivity index (χ4n) is 3.67. The van der Waals surface area contributed by atoms with Gasteiger partial charge in [-0.25, -0.2) is 12.8 Å². The van der Waals surface area contributed by atoms with Gasteiger partial charge in [-0.15, -0.1) is 0 Å². The first-order valence-corrected chi connectivity index (χ1v) is 11.4. The van der Waals surface area contributed by atoms with Crippen LogP contribution in [0.3, 0.4) is 0 Å². The summed E-state index contributed by atoms with van der Waals surface area (Å²) in [4.78, 5) is 12.9. The van der Waals surface area contributed by atoms with Crippen molar-refractivity contribution in [3.8, 4) is 0 Å². The van der Waals surface area contributed by atoms with Gasteiger partial charge in [0.1, 0.15) is 5.82 Å². The van der Waals surface area contributed by atoms with E-state index in [1.807, 2.05) is 24.3 Å². The van der Waals surface area contributed by atoms with Crippen molar-refractivity contribution in [2.45, 2.75) is 17.7 Å². The average Bonchev–Trinajstić information content (AvgIpc) is 2.76. The molecule has 0 bridgehead atoms. The third-order valence-corrected chi connectivity index (χ3v) is 7.45. The van der Waals surface area contributed by atoms with Crippen molar-refractivity contribution in [1.82, 2.24) is 4.31 Å². The molecule has 4 rings (SSSR count). The highest BCUT2D eigenvalue weighted by Crippen LogP contribution is 2.27. The third-order valence-electron chi connectivity index (χ3n) is 5.30. The van der Waals surface area contributed by atoms with Crippen LogP contribution >= 0.6 is 11.6 Å². The van der Waals surface area contributed by atoms with Crippen LogP contribution < -0.4 is 5.32 Å². The fraction of sp³-hybridized carbons (Fsp3) is 0.227. The summed E-state index contributed by atoms with van der Waals surface area (Å²) >= 11 is 5.76. The average molecular weight is 447 g/mol. The molecule has 3 aromatic rings. The second-order valence-electron chi connectivity index (χ2n) is 7.33. The number of hydrogen-bond acceptors (Lipinski definition) is 3. The van der Waals surface area contributed by atoms with E-state index in [0.717, 1.165) is 10.8 Å². The van der Waals surface area contributed by atoms with Gasteiger partial charge in [0, 0.05) is 18.8 Å². The number of amides is 1. The fourth-order valence-corrected chi connectivity index (χ4v) is 5.41. The first-order valence-electron chi connectivity index (χ1n) is 9.59. The summed E-state index contributed by atoms with van der Waals surface area (Å²) in [5.41, 5.74) is 0.376. The molecule has 1 atom stereocenters. The molecule has 1 saturated heterocycles. The number of nitrogens with zero attached hydrogens (tertiary/aromatic N) is 1. The number of carbonyl (C=O) groups excluding carboxylic acids is 1. The summed E-state index contributed by atoms with van der Waals surface area (Å²) in [7, 11) is -3.72. The zero-order chi connectivity index (χ0) is 21.3. The number of piperidine rings is 1. The molecule has 8 heteroatoms. The Kier molecular flexibility index (Phi) is 5.77. The third kappa shape index (κ3) is 4.19. The van der Waals surface area contributed by atoms with Crippen LogP contribution in [0.2, 0.25) is 5.02 Å².